The van der Waals surface area contributed by atoms with Crippen molar-refractivity contribution in [3.05, 3.63) is 17.8 Å². The first-order valence-corrected chi connectivity index (χ1v) is 7.23. The number of hydrogen-bond donors (Lipinski definition) is 1. The maximum Gasteiger partial charge on any atom is 0.222 e. The molecule has 5 nitrogen and oxygen atoms in total. The zero-order chi connectivity index (χ0) is 14.7. The van der Waals surface area contributed by atoms with Crippen LogP contribution >= 0.6 is 0 Å². The van der Waals surface area contributed by atoms with Crippen molar-refractivity contribution in [2.24, 2.45) is 5.92 Å². The van der Waals surface area contributed by atoms with Gasteiger partial charge in [0.05, 0.1) is 11.4 Å². The highest BCUT2D eigenvalue weighted by molar-refractivity contribution is 5.76. The van der Waals surface area contributed by atoms with Crippen molar-refractivity contribution in [2.45, 2.75) is 27.2 Å². The zero-order valence-electron chi connectivity index (χ0n) is 12.6. The molecule has 0 saturated carbocycles. The van der Waals surface area contributed by atoms with Crippen molar-refractivity contribution in [1.82, 2.24) is 9.88 Å². The monoisotopic (exact) mass is 276 g/mol. The van der Waals surface area contributed by atoms with E-state index in [1.807, 2.05) is 24.0 Å². The van der Waals surface area contributed by atoms with Gasteiger partial charge in [-0.2, -0.15) is 0 Å². The Morgan fingerprint density at radius 2 is 1.95 bits per heavy atom. The topological polar surface area (TPSA) is 62.5 Å². The molecule has 1 aliphatic rings. The van der Waals surface area contributed by atoms with Gasteiger partial charge in [-0.25, -0.2) is 4.98 Å². The Bertz CT molecular complexity index is 479. The first-order valence-electron chi connectivity index (χ1n) is 7.23. The highest BCUT2D eigenvalue weighted by atomic mass is 16.2. The lowest BCUT2D eigenvalue weighted by atomic mass is 10.1. The van der Waals surface area contributed by atoms with Crippen LogP contribution in [0.3, 0.4) is 0 Å². The van der Waals surface area contributed by atoms with Crippen LogP contribution in [-0.4, -0.2) is 42.0 Å². The molecular formula is C15H24N4O. The van der Waals surface area contributed by atoms with E-state index < -0.39 is 0 Å². The molecule has 2 rings (SSSR count). The lowest BCUT2D eigenvalue weighted by Gasteiger charge is -2.36. The van der Waals surface area contributed by atoms with Crippen molar-refractivity contribution < 1.29 is 4.79 Å². The van der Waals surface area contributed by atoms with E-state index in [2.05, 4.69) is 23.7 Å². The summed E-state index contributed by atoms with van der Waals surface area (Å²) in [4.78, 5) is 20.7. The summed E-state index contributed by atoms with van der Waals surface area (Å²) in [5.74, 6) is 1.63. The highest BCUT2D eigenvalue weighted by Crippen LogP contribution is 2.18. The number of carbonyl (C=O) groups is 1. The first-order chi connectivity index (χ1) is 9.47. The molecule has 0 spiro atoms. The second-order valence-corrected chi connectivity index (χ2v) is 5.81. The third-order valence-electron chi connectivity index (χ3n) is 3.65. The van der Waals surface area contributed by atoms with Crippen LogP contribution in [-0.2, 0) is 4.79 Å². The smallest absolute Gasteiger partial charge is 0.222 e. The van der Waals surface area contributed by atoms with Crippen LogP contribution in [0, 0.1) is 12.8 Å². The second kappa shape index (κ2) is 6.11. The number of aromatic nitrogens is 1. The Morgan fingerprint density at radius 1 is 1.30 bits per heavy atom. The molecule has 1 aromatic heterocycles. The van der Waals surface area contributed by atoms with Crippen LogP contribution in [0.15, 0.2) is 12.1 Å². The number of aryl methyl sites for hydroxylation is 1. The molecule has 2 N–H and O–H groups in total. The SMILES string of the molecule is Cc1nc(N2CCN(C(=O)CC(C)C)CC2)ccc1N. The molecule has 1 aromatic rings. The van der Waals surface area contributed by atoms with Gasteiger partial charge in [0.1, 0.15) is 5.82 Å². The van der Waals surface area contributed by atoms with E-state index in [1.54, 1.807) is 0 Å². The fraction of sp³-hybridized carbons (Fsp3) is 0.600. The number of amides is 1. The molecule has 20 heavy (non-hydrogen) atoms. The maximum absolute atomic E-state index is 12.0. The van der Waals surface area contributed by atoms with Gasteiger partial charge in [-0.05, 0) is 25.0 Å². The molecular weight excluding hydrogens is 252 g/mol. The average Bonchev–Trinajstić information content (AvgIpc) is 2.41. The molecule has 1 aliphatic heterocycles. The fourth-order valence-electron chi connectivity index (χ4n) is 2.40. The molecule has 110 valence electrons. The molecule has 1 amide bonds. The van der Waals surface area contributed by atoms with E-state index in [9.17, 15) is 4.79 Å². The molecule has 1 saturated heterocycles. The Morgan fingerprint density at radius 3 is 2.50 bits per heavy atom. The van der Waals surface area contributed by atoms with Gasteiger partial charge in [0.2, 0.25) is 5.91 Å². The number of rotatable bonds is 3. The van der Waals surface area contributed by atoms with E-state index in [0.29, 0.717) is 12.3 Å². The summed E-state index contributed by atoms with van der Waals surface area (Å²) in [5, 5.41) is 0. The number of anilines is 2. The van der Waals surface area contributed by atoms with Crippen LogP contribution in [0.1, 0.15) is 26.0 Å². The molecule has 0 aliphatic carbocycles. The third-order valence-corrected chi connectivity index (χ3v) is 3.65. The van der Waals surface area contributed by atoms with Gasteiger partial charge in [-0.3, -0.25) is 4.79 Å². The highest BCUT2D eigenvalue weighted by Gasteiger charge is 2.22. The van der Waals surface area contributed by atoms with Crippen molar-refractivity contribution in [2.75, 3.05) is 36.8 Å². The largest absolute Gasteiger partial charge is 0.397 e. The Hall–Kier alpha value is -1.78. The summed E-state index contributed by atoms with van der Waals surface area (Å²) < 4.78 is 0. The summed E-state index contributed by atoms with van der Waals surface area (Å²) in [7, 11) is 0. The first kappa shape index (κ1) is 14.6. The molecule has 1 fully saturated rings. The number of hydrogen-bond acceptors (Lipinski definition) is 4. The number of pyridine rings is 1. The number of nitrogens with zero attached hydrogens (tertiary/aromatic N) is 3. The van der Waals surface area contributed by atoms with Crippen LogP contribution in [0.4, 0.5) is 11.5 Å². The zero-order valence-corrected chi connectivity index (χ0v) is 12.6. The number of nitrogen functional groups attached to an aromatic ring is 1. The lowest BCUT2D eigenvalue weighted by molar-refractivity contribution is -0.132. The van der Waals surface area contributed by atoms with Gasteiger partial charge in [-0.15, -0.1) is 0 Å². The summed E-state index contributed by atoms with van der Waals surface area (Å²) in [5.41, 5.74) is 7.38. The molecule has 0 bridgehead atoms. The normalized spacial score (nSPS) is 15.8. The quantitative estimate of drug-likeness (QED) is 0.912. The van der Waals surface area contributed by atoms with Crippen molar-refractivity contribution >= 4 is 17.4 Å². The van der Waals surface area contributed by atoms with Gasteiger partial charge in [0.15, 0.2) is 0 Å². The molecule has 0 atom stereocenters. The summed E-state index contributed by atoms with van der Waals surface area (Å²) in [6.45, 7) is 9.29. The summed E-state index contributed by atoms with van der Waals surface area (Å²) >= 11 is 0. The Balaban J connectivity index is 1.94. The minimum absolute atomic E-state index is 0.265. The Labute approximate surface area is 120 Å². The van der Waals surface area contributed by atoms with Gasteiger partial charge >= 0.3 is 0 Å². The predicted octanol–water partition coefficient (Wildman–Crippen LogP) is 1.67. The van der Waals surface area contributed by atoms with Gasteiger partial charge < -0.3 is 15.5 Å². The molecule has 2 heterocycles. The number of carbonyl (C=O) groups excluding carboxylic acids is 1. The van der Waals surface area contributed by atoms with Crippen molar-refractivity contribution in [1.29, 1.82) is 0 Å². The number of nitrogens with two attached hydrogens (primary N) is 1. The molecule has 0 radical (unpaired) electrons. The molecule has 5 heteroatoms. The van der Waals surface area contributed by atoms with E-state index in [1.165, 1.54) is 0 Å². The standard InChI is InChI=1S/C15H24N4O/c1-11(2)10-15(20)19-8-6-18(7-9-19)14-5-4-13(16)12(3)17-14/h4-5,11H,6-10,16H2,1-3H3. The predicted molar refractivity (Wildman–Crippen MR) is 81.6 cm³/mol. The van der Waals surface area contributed by atoms with Gasteiger partial charge in [0.25, 0.3) is 0 Å². The van der Waals surface area contributed by atoms with Gasteiger partial charge in [-0.1, -0.05) is 13.8 Å². The number of piperazine rings is 1. The minimum Gasteiger partial charge on any atom is -0.397 e. The average molecular weight is 276 g/mol. The second-order valence-electron chi connectivity index (χ2n) is 5.81. The fourth-order valence-corrected chi connectivity index (χ4v) is 2.40. The Kier molecular flexibility index (Phi) is 4.47. The van der Waals surface area contributed by atoms with Crippen LogP contribution in [0.5, 0.6) is 0 Å². The van der Waals surface area contributed by atoms with Crippen LogP contribution < -0.4 is 10.6 Å². The van der Waals surface area contributed by atoms with E-state index in [-0.39, 0.29) is 5.91 Å². The summed E-state index contributed by atoms with van der Waals surface area (Å²) in [6, 6.07) is 3.85. The van der Waals surface area contributed by atoms with E-state index >= 15 is 0 Å². The lowest BCUT2D eigenvalue weighted by Crippen LogP contribution is -2.49. The van der Waals surface area contributed by atoms with Crippen molar-refractivity contribution in [3.63, 3.8) is 0 Å². The van der Waals surface area contributed by atoms with E-state index in [4.69, 9.17) is 5.73 Å². The third kappa shape index (κ3) is 3.40. The molecule has 0 unspecified atom stereocenters. The van der Waals surface area contributed by atoms with Crippen molar-refractivity contribution in [3.8, 4) is 0 Å². The molecule has 0 aromatic carbocycles. The van der Waals surface area contributed by atoms with Crippen LogP contribution in [0.2, 0.25) is 0 Å². The van der Waals surface area contributed by atoms with Gasteiger partial charge in [0, 0.05) is 32.6 Å². The minimum atomic E-state index is 0.265. The summed E-state index contributed by atoms with van der Waals surface area (Å²) in [6.07, 6.45) is 0.638. The van der Waals surface area contributed by atoms with E-state index in [0.717, 1.165) is 43.4 Å². The van der Waals surface area contributed by atoms with Crippen LogP contribution in [0.25, 0.3) is 0 Å². The maximum atomic E-state index is 12.0.